The average Bonchev–Trinajstić information content (AvgIpc) is 2.91. The van der Waals surface area contributed by atoms with Crippen molar-refractivity contribution >= 4 is 34.2 Å². The summed E-state index contributed by atoms with van der Waals surface area (Å²) in [6.45, 7) is 5.09. The van der Waals surface area contributed by atoms with Gasteiger partial charge in [-0.3, -0.25) is 5.32 Å². The molecule has 3 aromatic carbocycles. The second kappa shape index (κ2) is 12.7. The highest BCUT2D eigenvalue weighted by molar-refractivity contribution is 7.96. The number of carbonyl (C=O) groups excluding carboxylic acids is 1. The summed E-state index contributed by atoms with van der Waals surface area (Å²) in [6.07, 6.45) is 1.57. The number of ether oxygens (including phenoxy) is 1. The number of benzene rings is 3. The van der Waals surface area contributed by atoms with Crippen molar-refractivity contribution in [1.82, 2.24) is 5.32 Å². The topological polar surface area (TPSA) is 87.2 Å². The van der Waals surface area contributed by atoms with Crippen LogP contribution in [0.25, 0.3) is 0 Å². The Labute approximate surface area is 208 Å². The van der Waals surface area contributed by atoms with Gasteiger partial charge in [-0.05, 0) is 28.8 Å². The zero-order chi connectivity index (χ0) is 25.3. The van der Waals surface area contributed by atoms with Gasteiger partial charge in [0, 0.05) is 12.9 Å². The lowest BCUT2D eigenvalue weighted by molar-refractivity contribution is -0.134. The van der Waals surface area contributed by atoms with Gasteiger partial charge in [0.15, 0.2) is 6.61 Å². The molecule has 0 bridgehead atoms. The van der Waals surface area contributed by atoms with Crippen LogP contribution in [-0.2, 0) is 9.53 Å². The molecule has 0 radical (unpaired) electrons. The molecule has 35 heavy (non-hydrogen) atoms. The van der Waals surface area contributed by atoms with Gasteiger partial charge in [0.05, 0.1) is 6.04 Å². The molecule has 2 unspecified atom stereocenters. The lowest BCUT2D eigenvalue weighted by Crippen LogP contribution is -2.52. The van der Waals surface area contributed by atoms with Gasteiger partial charge in [-0.1, -0.05) is 111 Å². The highest BCUT2D eigenvalue weighted by Crippen LogP contribution is 2.46. The van der Waals surface area contributed by atoms with E-state index >= 15 is 0 Å². The van der Waals surface area contributed by atoms with E-state index in [2.05, 4.69) is 48.3 Å². The molecule has 0 aliphatic heterocycles. The predicted molar refractivity (Wildman–Crippen MR) is 150 cm³/mol. The molecule has 0 spiro atoms. The van der Waals surface area contributed by atoms with Gasteiger partial charge in [-0.2, -0.15) is 0 Å². The quantitative estimate of drug-likeness (QED) is 0.187. The zero-order valence-electron chi connectivity index (χ0n) is 20.4. The van der Waals surface area contributed by atoms with Crippen LogP contribution in [0, 0.1) is 5.92 Å². The first-order valence-corrected chi connectivity index (χ1v) is 13.6. The highest BCUT2D eigenvalue weighted by Gasteiger charge is 2.36. The van der Waals surface area contributed by atoms with Crippen molar-refractivity contribution in [1.29, 1.82) is 0 Å². The molecule has 0 heterocycles. The number of nitrogens with two attached hydrogens (primary N) is 1. The van der Waals surface area contributed by atoms with Gasteiger partial charge < -0.3 is 15.6 Å². The first kappa shape index (κ1) is 26.7. The number of nitrogens with one attached hydrogen (secondary N) is 1. The van der Waals surface area contributed by atoms with E-state index in [1.807, 2.05) is 68.4 Å². The minimum absolute atomic E-state index is 0.0427. The van der Waals surface area contributed by atoms with Crippen LogP contribution in [0.5, 0.6) is 0 Å². The number of rotatable bonds is 11. The Kier molecular flexibility index (Phi) is 9.64. The van der Waals surface area contributed by atoms with E-state index in [0.29, 0.717) is 5.42 Å². The van der Waals surface area contributed by atoms with Crippen LogP contribution in [0.2, 0.25) is 0 Å². The fourth-order valence-electron chi connectivity index (χ4n) is 4.20. The molecule has 3 rings (SSSR count). The van der Waals surface area contributed by atoms with Crippen molar-refractivity contribution in [3.8, 4) is 0 Å². The fraction of sp³-hybridized carbons (Fsp3) is 0.241. The van der Waals surface area contributed by atoms with Crippen molar-refractivity contribution in [3.05, 3.63) is 104 Å². The van der Waals surface area contributed by atoms with E-state index in [4.69, 9.17) is 15.6 Å². The van der Waals surface area contributed by atoms with Gasteiger partial charge in [-0.25, -0.2) is 4.79 Å². The minimum Gasteiger partial charge on any atom is -0.457 e. The maximum absolute atomic E-state index is 13.9. The lowest BCUT2D eigenvalue weighted by atomic mass is 9.96. The summed E-state index contributed by atoms with van der Waals surface area (Å²) >= 11 is 0. The van der Waals surface area contributed by atoms with Crippen molar-refractivity contribution in [2.75, 3.05) is 13.2 Å². The minimum atomic E-state index is -2.72. The Morgan fingerprint density at radius 2 is 1.37 bits per heavy atom. The van der Waals surface area contributed by atoms with Gasteiger partial charge in [0.1, 0.15) is 12.0 Å². The van der Waals surface area contributed by atoms with Crippen LogP contribution in [-0.4, -0.2) is 41.8 Å². The molecular formula is C29H36N2O3P+. The standard InChI is InChI=1S/C29H35N2O3P/c1-4-20-34-29(33)28(31-27(21-32)22(2)23(3)30)35(24-14-8-5-9-15-24,25-16-10-6-11-17-25)26-18-12-7-13-19-26/h4-19,22-23,27,31-32H,1,20-21,30H2,2-3H3/p+1/t22?,23-,27?/m0/s1. The Hall–Kier alpha value is -2.95. The van der Waals surface area contributed by atoms with E-state index in [0.717, 1.165) is 15.9 Å². The van der Waals surface area contributed by atoms with E-state index in [9.17, 15) is 4.79 Å². The fourth-order valence-corrected chi connectivity index (χ4v) is 8.42. The van der Waals surface area contributed by atoms with Crippen LogP contribution >= 0.6 is 6.89 Å². The zero-order valence-corrected chi connectivity index (χ0v) is 21.3. The van der Waals surface area contributed by atoms with Crippen molar-refractivity contribution in [2.24, 2.45) is 11.7 Å². The summed E-state index contributed by atoms with van der Waals surface area (Å²) in [5.41, 5.74) is 6.70. The molecule has 5 N–H and O–H groups in total. The van der Waals surface area contributed by atoms with Crippen molar-refractivity contribution in [2.45, 2.75) is 25.9 Å². The maximum Gasteiger partial charge on any atom is 0.350 e. The van der Waals surface area contributed by atoms with Gasteiger partial charge in [0.25, 0.3) is 0 Å². The molecule has 0 aliphatic rings. The maximum atomic E-state index is 13.9. The number of carbonyl (C=O) groups is 1. The molecule has 0 saturated carbocycles. The summed E-state index contributed by atoms with van der Waals surface area (Å²) in [5.74, 6) is -0.482. The Bertz CT molecular complexity index is 1040. The molecule has 3 atom stereocenters. The van der Waals surface area contributed by atoms with Gasteiger partial charge >= 0.3 is 5.97 Å². The van der Waals surface area contributed by atoms with Crippen molar-refractivity contribution in [3.63, 3.8) is 0 Å². The monoisotopic (exact) mass is 491 g/mol. The Morgan fingerprint density at radius 3 is 1.71 bits per heavy atom. The number of hydrogen-bond donors (Lipinski definition) is 2. The third-order valence-corrected chi connectivity index (χ3v) is 10.5. The second-order valence-electron chi connectivity index (χ2n) is 8.59. The number of esters is 1. The molecule has 0 fully saturated rings. The lowest BCUT2D eigenvalue weighted by Gasteiger charge is -2.34. The molecule has 0 saturated heterocycles. The third kappa shape index (κ3) is 5.83. The molecule has 0 aromatic heterocycles. The normalized spacial score (nSPS) is 13.9. The molecule has 3 aromatic rings. The van der Waals surface area contributed by atoms with Crippen LogP contribution in [0.1, 0.15) is 13.8 Å². The van der Waals surface area contributed by atoms with E-state index in [1.165, 1.54) is 0 Å². The first-order valence-electron chi connectivity index (χ1n) is 11.8. The Balaban J connectivity index is 2.50. The second-order valence-corrected chi connectivity index (χ2v) is 11.9. The van der Waals surface area contributed by atoms with Crippen LogP contribution in [0.3, 0.4) is 0 Å². The van der Waals surface area contributed by atoms with E-state index < -0.39 is 12.9 Å². The summed E-state index contributed by atoms with van der Waals surface area (Å²) in [4.78, 5) is 13.9. The summed E-state index contributed by atoms with van der Waals surface area (Å²) in [6, 6.07) is 29.8. The molecule has 5 nitrogen and oxygen atoms in total. The van der Waals surface area contributed by atoms with Gasteiger partial charge in [0.2, 0.25) is 0 Å². The van der Waals surface area contributed by atoms with Crippen LogP contribution in [0.15, 0.2) is 104 Å². The third-order valence-electron chi connectivity index (χ3n) is 6.30. The SMILES string of the molecule is C=CCOC(=O)C(NC(C[OH2+])C(C)[C@H](C)N)=P(c1ccccc1)(c1ccccc1)c1ccccc1. The highest BCUT2D eigenvalue weighted by atomic mass is 31.2. The molecule has 0 aliphatic carbocycles. The Morgan fingerprint density at radius 1 is 0.943 bits per heavy atom. The summed E-state index contributed by atoms with van der Waals surface area (Å²) in [5, 5.41) is 14.9. The van der Waals surface area contributed by atoms with Crippen LogP contribution in [0.4, 0.5) is 0 Å². The number of hydrogen-bond acceptors (Lipinski definition) is 3. The van der Waals surface area contributed by atoms with E-state index in [-0.39, 0.29) is 31.2 Å². The summed E-state index contributed by atoms with van der Waals surface area (Å²) in [7, 11) is 0. The molecule has 184 valence electrons. The average molecular weight is 492 g/mol. The molecule has 6 heteroatoms. The molecule has 0 amide bonds. The predicted octanol–water partition coefficient (Wildman–Crippen LogP) is 2.51. The largest absolute Gasteiger partial charge is 0.457 e. The van der Waals surface area contributed by atoms with Crippen molar-refractivity contribution < 1.29 is 14.6 Å². The van der Waals surface area contributed by atoms with Gasteiger partial charge in [-0.15, -0.1) is 0 Å². The first-order chi connectivity index (χ1) is 17.0. The summed E-state index contributed by atoms with van der Waals surface area (Å²) < 4.78 is 5.69. The smallest absolute Gasteiger partial charge is 0.350 e. The van der Waals surface area contributed by atoms with E-state index in [1.54, 1.807) is 6.08 Å². The molecular weight excluding hydrogens is 455 g/mol. The van der Waals surface area contributed by atoms with Crippen LogP contribution < -0.4 is 27.0 Å².